The highest BCUT2D eigenvalue weighted by molar-refractivity contribution is 6.30. The summed E-state index contributed by atoms with van der Waals surface area (Å²) in [4.78, 5) is 2.38. The quantitative estimate of drug-likeness (QED) is 0.932. The van der Waals surface area contributed by atoms with Crippen molar-refractivity contribution < 1.29 is 14.6 Å². The number of fused-ring (bicyclic) bond motifs is 1. The molecule has 0 aromatic heterocycles. The Bertz CT molecular complexity index is 522. The van der Waals surface area contributed by atoms with Gasteiger partial charge in [0, 0.05) is 41.3 Å². The normalized spacial score (nSPS) is 26.2. The van der Waals surface area contributed by atoms with Gasteiger partial charge in [-0.25, -0.2) is 0 Å². The van der Waals surface area contributed by atoms with E-state index < -0.39 is 0 Å². The number of aliphatic hydroxyl groups excluding tert-OH is 1. The average molecular weight is 312 g/mol. The summed E-state index contributed by atoms with van der Waals surface area (Å²) in [6.07, 6.45) is 2.20. The molecule has 1 aromatic carbocycles. The van der Waals surface area contributed by atoms with Gasteiger partial charge >= 0.3 is 0 Å². The molecule has 2 aliphatic heterocycles. The van der Waals surface area contributed by atoms with Gasteiger partial charge in [-0.3, -0.25) is 4.90 Å². The van der Waals surface area contributed by atoms with Gasteiger partial charge in [-0.15, -0.1) is 0 Å². The number of rotatable bonds is 3. The molecule has 1 fully saturated rings. The first-order valence-corrected chi connectivity index (χ1v) is 7.82. The molecule has 1 atom stereocenters. The van der Waals surface area contributed by atoms with E-state index in [1.54, 1.807) is 0 Å². The van der Waals surface area contributed by atoms with E-state index in [9.17, 15) is 5.11 Å². The molecule has 0 bridgehead atoms. The standard InChI is InChI=1S/C16H22ClNO3/c1-16(10-19)3-2-4-18(9-16)7-12-5-14(17)6-13-8-20-11-21-15(12)13/h5-6,19H,2-4,7-11H2,1H3. The minimum Gasteiger partial charge on any atom is -0.467 e. The Morgan fingerprint density at radius 2 is 2.29 bits per heavy atom. The molecular formula is C16H22ClNO3. The Balaban J connectivity index is 1.80. The summed E-state index contributed by atoms with van der Waals surface area (Å²) in [6.45, 7) is 6.00. The molecule has 116 valence electrons. The topological polar surface area (TPSA) is 41.9 Å². The van der Waals surface area contributed by atoms with Crippen LogP contribution in [0.5, 0.6) is 5.75 Å². The molecule has 0 spiro atoms. The fourth-order valence-corrected chi connectivity index (χ4v) is 3.57. The van der Waals surface area contributed by atoms with E-state index in [2.05, 4.69) is 11.8 Å². The number of nitrogens with zero attached hydrogens (tertiary/aromatic N) is 1. The lowest BCUT2D eigenvalue weighted by Crippen LogP contribution is -2.43. The molecule has 5 heteroatoms. The minimum absolute atomic E-state index is 0.000848. The second kappa shape index (κ2) is 6.13. The summed E-state index contributed by atoms with van der Waals surface area (Å²) in [6, 6.07) is 3.89. The number of piperidine rings is 1. The van der Waals surface area contributed by atoms with Crippen molar-refractivity contribution in [3.63, 3.8) is 0 Å². The zero-order chi connectivity index (χ0) is 14.9. The van der Waals surface area contributed by atoms with Gasteiger partial charge in [0.25, 0.3) is 0 Å². The van der Waals surface area contributed by atoms with Gasteiger partial charge in [-0.1, -0.05) is 18.5 Å². The maximum Gasteiger partial charge on any atom is 0.189 e. The van der Waals surface area contributed by atoms with Crippen molar-refractivity contribution >= 4 is 11.6 Å². The van der Waals surface area contributed by atoms with Crippen LogP contribution in [0, 0.1) is 5.41 Å². The van der Waals surface area contributed by atoms with E-state index in [-0.39, 0.29) is 12.0 Å². The molecule has 3 rings (SSSR count). The number of halogens is 1. The Kier molecular flexibility index (Phi) is 4.41. The second-order valence-electron chi connectivity index (χ2n) is 6.45. The third kappa shape index (κ3) is 3.34. The van der Waals surface area contributed by atoms with Crippen molar-refractivity contribution in [2.45, 2.75) is 32.9 Å². The zero-order valence-corrected chi connectivity index (χ0v) is 13.2. The van der Waals surface area contributed by atoms with E-state index >= 15 is 0 Å². The third-order valence-electron chi connectivity index (χ3n) is 4.39. The highest BCUT2D eigenvalue weighted by Crippen LogP contribution is 2.35. The predicted molar refractivity (Wildman–Crippen MR) is 81.4 cm³/mol. The van der Waals surface area contributed by atoms with Crippen molar-refractivity contribution in [2.75, 3.05) is 26.5 Å². The molecule has 1 aromatic rings. The smallest absolute Gasteiger partial charge is 0.189 e. The van der Waals surface area contributed by atoms with Crippen LogP contribution in [-0.2, 0) is 17.9 Å². The van der Waals surface area contributed by atoms with E-state index in [0.29, 0.717) is 13.4 Å². The maximum absolute atomic E-state index is 9.58. The van der Waals surface area contributed by atoms with Crippen LogP contribution >= 0.6 is 11.6 Å². The van der Waals surface area contributed by atoms with Crippen molar-refractivity contribution in [1.29, 1.82) is 0 Å². The number of ether oxygens (including phenoxy) is 2. The number of benzene rings is 1. The summed E-state index contributed by atoms with van der Waals surface area (Å²) in [5.74, 6) is 0.918. The van der Waals surface area contributed by atoms with Crippen LogP contribution in [0.2, 0.25) is 5.02 Å². The Morgan fingerprint density at radius 1 is 1.43 bits per heavy atom. The fourth-order valence-electron chi connectivity index (χ4n) is 3.31. The van der Waals surface area contributed by atoms with Crippen LogP contribution in [0.15, 0.2) is 12.1 Å². The molecule has 0 aliphatic carbocycles. The summed E-state index contributed by atoms with van der Waals surface area (Å²) in [7, 11) is 0. The van der Waals surface area contributed by atoms with Gasteiger partial charge in [0.15, 0.2) is 6.79 Å². The average Bonchev–Trinajstić information content (AvgIpc) is 2.47. The number of hydrogen-bond acceptors (Lipinski definition) is 4. The van der Waals surface area contributed by atoms with Gasteiger partial charge in [-0.2, -0.15) is 0 Å². The predicted octanol–water partition coefficient (Wildman–Crippen LogP) is 2.80. The monoisotopic (exact) mass is 311 g/mol. The second-order valence-corrected chi connectivity index (χ2v) is 6.88. The largest absolute Gasteiger partial charge is 0.467 e. The van der Waals surface area contributed by atoms with Crippen LogP contribution < -0.4 is 4.74 Å². The summed E-state index contributed by atoms with van der Waals surface area (Å²) >= 11 is 6.21. The Hall–Kier alpha value is -0.810. The SMILES string of the molecule is CC1(CO)CCCN(Cc2cc(Cl)cc3c2OCOC3)C1. The third-order valence-corrected chi connectivity index (χ3v) is 4.61. The van der Waals surface area contributed by atoms with Crippen LogP contribution in [0.1, 0.15) is 30.9 Å². The van der Waals surface area contributed by atoms with Crippen molar-refractivity contribution in [3.8, 4) is 5.75 Å². The summed E-state index contributed by atoms with van der Waals surface area (Å²) in [5.41, 5.74) is 2.13. The van der Waals surface area contributed by atoms with Crippen LogP contribution in [0.3, 0.4) is 0 Å². The first-order chi connectivity index (χ1) is 10.1. The molecule has 0 saturated carbocycles. The van der Waals surface area contributed by atoms with Gasteiger partial charge in [0.05, 0.1) is 6.61 Å². The number of likely N-dealkylation sites (tertiary alicyclic amines) is 1. The lowest BCUT2D eigenvalue weighted by Gasteiger charge is -2.39. The van der Waals surface area contributed by atoms with Crippen LogP contribution in [-0.4, -0.2) is 36.5 Å². The molecular weight excluding hydrogens is 290 g/mol. The number of aliphatic hydroxyl groups is 1. The maximum atomic E-state index is 9.58. The van der Waals surface area contributed by atoms with E-state index in [1.807, 2.05) is 12.1 Å². The molecule has 1 unspecified atom stereocenters. The molecule has 1 N–H and O–H groups in total. The summed E-state index contributed by atoms with van der Waals surface area (Å²) in [5, 5.41) is 10.3. The Labute approximate surface area is 130 Å². The molecule has 2 heterocycles. The molecule has 21 heavy (non-hydrogen) atoms. The van der Waals surface area contributed by atoms with Crippen LogP contribution in [0.4, 0.5) is 0 Å². The molecule has 2 aliphatic rings. The van der Waals surface area contributed by atoms with Gasteiger partial charge in [0.1, 0.15) is 5.75 Å². The van der Waals surface area contributed by atoms with Crippen molar-refractivity contribution in [2.24, 2.45) is 5.41 Å². The first-order valence-electron chi connectivity index (χ1n) is 7.45. The van der Waals surface area contributed by atoms with Crippen molar-refractivity contribution in [1.82, 2.24) is 4.90 Å². The molecule has 0 radical (unpaired) electrons. The van der Waals surface area contributed by atoms with Crippen molar-refractivity contribution in [3.05, 3.63) is 28.3 Å². The zero-order valence-electron chi connectivity index (χ0n) is 12.4. The van der Waals surface area contributed by atoms with E-state index in [0.717, 1.165) is 54.4 Å². The highest BCUT2D eigenvalue weighted by Gasteiger charge is 2.31. The number of hydrogen-bond donors (Lipinski definition) is 1. The summed E-state index contributed by atoms with van der Waals surface area (Å²) < 4.78 is 11.0. The molecule has 4 nitrogen and oxygen atoms in total. The molecule has 1 saturated heterocycles. The lowest BCUT2D eigenvalue weighted by atomic mass is 9.82. The van der Waals surface area contributed by atoms with E-state index in [1.165, 1.54) is 0 Å². The van der Waals surface area contributed by atoms with E-state index in [4.69, 9.17) is 21.1 Å². The van der Waals surface area contributed by atoms with Gasteiger partial charge in [-0.05, 0) is 31.5 Å². The van der Waals surface area contributed by atoms with Gasteiger partial charge < -0.3 is 14.6 Å². The van der Waals surface area contributed by atoms with Crippen LogP contribution in [0.25, 0.3) is 0 Å². The first kappa shape index (κ1) is 15.1. The lowest BCUT2D eigenvalue weighted by molar-refractivity contribution is -0.0181. The Morgan fingerprint density at radius 3 is 3.10 bits per heavy atom. The molecule has 0 amide bonds. The minimum atomic E-state index is 0.000848. The van der Waals surface area contributed by atoms with Gasteiger partial charge in [0.2, 0.25) is 0 Å². The fraction of sp³-hybridized carbons (Fsp3) is 0.625. The highest BCUT2D eigenvalue weighted by atomic mass is 35.5.